The third kappa shape index (κ3) is 1.76. The zero-order valence-electron chi connectivity index (χ0n) is 6.94. The number of halogens is 1. The molecule has 0 radical (unpaired) electrons. The Morgan fingerprint density at radius 2 is 2.21 bits per heavy atom. The van der Waals surface area contributed by atoms with E-state index in [1.165, 1.54) is 6.07 Å². The van der Waals surface area contributed by atoms with E-state index < -0.39 is 10.7 Å². The highest BCUT2D eigenvalue weighted by Crippen LogP contribution is 2.24. The molecule has 1 aromatic heterocycles. The Kier molecular flexibility index (Phi) is 2.47. The van der Waals surface area contributed by atoms with Crippen LogP contribution in [-0.2, 0) is 16.5 Å². The van der Waals surface area contributed by atoms with Crippen molar-refractivity contribution in [3.63, 3.8) is 0 Å². The van der Waals surface area contributed by atoms with Crippen molar-refractivity contribution in [3.8, 4) is 0 Å². The van der Waals surface area contributed by atoms with Crippen LogP contribution in [0.3, 0.4) is 0 Å². The first kappa shape index (κ1) is 9.54. The quantitative estimate of drug-likeness (QED) is 0.798. The summed E-state index contributed by atoms with van der Waals surface area (Å²) in [5.41, 5.74) is 0.516. The monoisotopic (exact) mass is 231 g/mol. The number of thiol groups is 1. The van der Waals surface area contributed by atoms with Crippen molar-refractivity contribution in [1.29, 1.82) is 0 Å². The first-order valence-electron chi connectivity index (χ1n) is 3.82. The third-order valence-corrected chi connectivity index (χ3v) is 3.53. The van der Waals surface area contributed by atoms with Crippen molar-refractivity contribution in [2.75, 3.05) is 0 Å². The van der Waals surface area contributed by atoms with Gasteiger partial charge in [0.2, 0.25) is 0 Å². The summed E-state index contributed by atoms with van der Waals surface area (Å²) >= 11 is 1.08. The molecule has 0 atom stereocenters. The van der Waals surface area contributed by atoms with Crippen LogP contribution in [0.1, 0.15) is 5.01 Å². The number of hydrogen-bond acceptors (Lipinski definition) is 4. The Morgan fingerprint density at radius 1 is 1.43 bits per heavy atom. The van der Waals surface area contributed by atoms with E-state index in [0.717, 1.165) is 11.3 Å². The minimum atomic E-state index is -2.50. The van der Waals surface area contributed by atoms with Crippen LogP contribution in [0, 0.1) is 5.82 Å². The summed E-state index contributed by atoms with van der Waals surface area (Å²) in [6.45, 7) is 0. The van der Waals surface area contributed by atoms with Crippen LogP contribution in [0.25, 0.3) is 10.2 Å². The molecule has 1 heterocycles. The summed E-state index contributed by atoms with van der Waals surface area (Å²) in [4.78, 5) is 4.01. The minimum absolute atomic E-state index is 0.117. The van der Waals surface area contributed by atoms with Gasteiger partial charge in [0.05, 0.1) is 16.0 Å². The summed E-state index contributed by atoms with van der Waals surface area (Å²) < 4.78 is 34.5. The molecule has 0 aliphatic carbocycles. The Hall–Kier alpha value is -1.01. The molecule has 2 rings (SSSR count). The second-order valence-corrected chi connectivity index (χ2v) is 4.75. The molecule has 0 aliphatic heterocycles. The summed E-state index contributed by atoms with van der Waals surface area (Å²) in [5, 5.41) is 0.432. The molecule has 6 heteroatoms. The average molecular weight is 231 g/mol. The zero-order chi connectivity index (χ0) is 10.1. The summed E-state index contributed by atoms with van der Waals surface area (Å²) in [7, 11) is -2.50. The Balaban J connectivity index is 2.56. The first-order valence-corrected chi connectivity index (χ1v) is 6.00. The van der Waals surface area contributed by atoms with Gasteiger partial charge < -0.3 is 0 Å². The van der Waals surface area contributed by atoms with Gasteiger partial charge in [0.1, 0.15) is 21.5 Å². The predicted molar refractivity (Wildman–Crippen MR) is 53.6 cm³/mol. The standard InChI is InChI=1S/C8H6FNO2S2/c9-5-2-1-3-6-8(5)13-7(10-6)4-14(11)12/h1-3,14H,4H2. The first-order chi connectivity index (χ1) is 6.66. The van der Waals surface area contributed by atoms with E-state index in [-0.39, 0.29) is 11.6 Å². The average Bonchev–Trinajstić information content (AvgIpc) is 2.47. The van der Waals surface area contributed by atoms with Crippen LogP contribution >= 0.6 is 11.3 Å². The molecule has 0 spiro atoms. The number of benzene rings is 1. The van der Waals surface area contributed by atoms with Crippen LogP contribution < -0.4 is 0 Å². The fourth-order valence-corrected chi connectivity index (χ4v) is 2.77. The van der Waals surface area contributed by atoms with Crippen LogP contribution in [0.5, 0.6) is 0 Å². The lowest BCUT2D eigenvalue weighted by Gasteiger charge is -1.86. The Bertz CT molecular complexity index is 539. The predicted octanol–water partition coefficient (Wildman–Crippen LogP) is 1.55. The second-order valence-electron chi connectivity index (χ2n) is 2.69. The molecule has 0 saturated heterocycles. The normalized spacial score (nSPS) is 11.3. The summed E-state index contributed by atoms with van der Waals surface area (Å²) in [5.74, 6) is -0.471. The highest BCUT2D eigenvalue weighted by molar-refractivity contribution is 7.71. The van der Waals surface area contributed by atoms with E-state index in [9.17, 15) is 12.8 Å². The van der Waals surface area contributed by atoms with Gasteiger partial charge in [0.25, 0.3) is 0 Å². The van der Waals surface area contributed by atoms with Crippen LogP contribution in [-0.4, -0.2) is 13.4 Å². The van der Waals surface area contributed by atoms with E-state index in [1.807, 2.05) is 0 Å². The van der Waals surface area contributed by atoms with Crippen LogP contribution in [0.4, 0.5) is 4.39 Å². The topological polar surface area (TPSA) is 47.0 Å². The minimum Gasteiger partial charge on any atom is -0.240 e. The van der Waals surface area contributed by atoms with Gasteiger partial charge in [-0.2, -0.15) is 0 Å². The largest absolute Gasteiger partial charge is 0.240 e. The second kappa shape index (κ2) is 3.62. The van der Waals surface area contributed by atoms with Gasteiger partial charge in [0, 0.05) is 0 Å². The molecule has 0 aliphatic rings. The Morgan fingerprint density at radius 3 is 2.86 bits per heavy atom. The lowest BCUT2D eigenvalue weighted by Crippen LogP contribution is -1.83. The maximum Gasteiger partial charge on any atom is 0.146 e. The van der Waals surface area contributed by atoms with E-state index in [4.69, 9.17) is 0 Å². The smallest absolute Gasteiger partial charge is 0.146 e. The number of thiazole rings is 1. The van der Waals surface area contributed by atoms with E-state index >= 15 is 0 Å². The van der Waals surface area contributed by atoms with Crippen molar-refractivity contribution < 1.29 is 12.8 Å². The number of rotatable bonds is 2. The van der Waals surface area contributed by atoms with Crippen LogP contribution in [0.2, 0.25) is 0 Å². The van der Waals surface area contributed by atoms with Gasteiger partial charge in [-0.1, -0.05) is 6.07 Å². The third-order valence-electron chi connectivity index (χ3n) is 1.68. The van der Waals surface area contributed by atoms with Gasteiger partial charge in [-0.05, 0) is 12.1 Å². The molecule has 74 valence electrons. The van der Waals surface area contributed by atoms with Gasteiger partial charge >= 0.3 is 0 Å². The van der Waals surface area contributed by atoms with Gasteiger partial charge in [0.15, 0.2) is 0 Å². The van der Waals surface area contributed by atoms with Crippen molar-refractivity contribution in [2.24, 2.45) is 0 Å². The number of fused-ring (bicyclic) bond motifs is 1. The van der Waals surface area contributed by atoms with Crippen molar-refractivity contribution in [3.05, 3.63) is 29.0 Å². The SMILES string of the molecule is O=[SH](=O)Cc1nc2cccc(F)c2s1. The molecule has 14 heavy (non-hydrogen) atoms. The summed E-state index contributed by atoms with van der Waals surface area (Å²) in [6.07, 6.45) is 0. The fourth-order valence-electron chi connectivity index (χ4n) is 1.14. The highest BCUT2D eigenvalue weighted by atomic mass is 32.2. The molecule has 0 N–H and O–H groups in total. The Labute approximate surface area is 85.2 Å². The number of hydrogen-bond donors (Lipinski definition) is 1. The van der Waals surface area contributed by atoms with Gasteiger partial charge in [-0.3, -0.25) is 0 Å². The number of aromatic nitrogens is 1. The van der Waals surface area contributed by atoms with Gasteiger partial charge in [-0.15, -0.1) is 11.3 Å². The zero-order valence-corrected chi connectivity index (χ0v) is 8.65. The van der Waals surface area contributed by atoms with Crippen LogP contribution in [0.15, 0.2) is 18.2 Å². The van der Waals surface area contributed by atoms with Crippen molar-refractivity contribution >= 4 is 32.3 Å². The van der Waals surface area contributed by atoms with Gasteiger partial charge in [-0.25, -0.2) is 17.8 Å². The van der Waals surface area contributed by atoms with Crippen molar-refractivity contribution in [2.45, 2.75) is 5.75 Å². The molecule has 0 fully saturated rings. The molecule has 3 nitrogen and oxygen atoms in total. The maximum absolute atomic E-state index is 13.2. The fraction of sp³-hybridized carbons (Fsp3) is 0.125. The highest BCUT2D eigenvalue weighted by Gasteiger charge is 2.07. The van der Waals surface area contributed by atoms with E-state index in [2.05, 4.69) is 4.98 Å². The van der Waals surface area contributed by atoms with E-state index in [1.54, 1.807) is 12.1 Å². The molecule has 0 unspecified atom stereocenters. The lowest BCUT2D eigenvalue weighted by atomic mass is 10.3. The molecular weight excluding hydrogens is 225 g/mol. The molecule has 1 aromatic carbocycles. The molecule has 0 bridgehead atoms. The summed E-state index contributed by atoms with van der Waals surface area (Å²) in [6, 6.07) is 4.55. The molecular formula is C8H6FNO2S2. The van der Waals surface area contributed by atoms with Crippen molar-refractivity contribution in [1.82, 2.24) is 4.98 Å². The maximum atomic E-state index is 13.2. The number of nitrogens with zero attached hydrogens (tertiary/aromatic N) is 1. The molecule has 2 aromatic rings. The van der Waals surface area contributed by atoms with E-state index in [0.29, 0.717) is 15.2 Å². The molecule has 0 saturated carbocycles. The molecule has 0 amide bonds. The lowest BCUT2D eigenvalue weighted by molar-refractivity contribution is 0.614.